The van der Waals surface area contributed by atoms with Crippen LogP contribution in [0.25, 0.3) is 33.5 Å². The smallest absolute Gasteiger partial charge is 0.420 e. The Balaban J connectivity index is 1.38. The predicted octanol–water partition coefficient (Wildman–Crippen LogP) is 8.89. The largest absolute Gasteiger partial charge is 0.469 e. The number of fused-ring (bicyclic) bond motifs is 1. The number of ether oxygens (including phenoxy) is 2. The van der Waals surface area contributed by atoms with Crippen LogP contribution < -0.4 is 0 Å². The molecule has 0 amide bonds. The van der Waals surface area contributed by atoms with Gasteiger partial charge in [0.2, 0.25) is 0 Å². The van der Waals surface area contributed by atoms with Crippen LogP contribution >= 0.6 is 15.9 Å². The maximum Gasteiger partial charge on any atom is 0.420 e. The Hall–Kier alpha value is -3.52. The average molecular weight is 622 g/mol. The topological polar surface area (TPSA) is 70.4 Å². The Morgan fingerprint density at radius 2 is 1.66 bits per heavy atom. The fraction of sp³-hybridized carbons (Fsp3) is 0.364. The van der Waals surface area contributed by atoms with Crippen LogP contribution in [0.5, 0.6) is 0 Å². The fourth-order valence-electron chi connectivity index (χ4n) is 5.57. The maximum absolute atomic E-state index is 15.7. The third kappa shape index (κ3) is 6.53. The van der Waals surface area contributed by atoms with Gasteiger partial charge < -0.3 is 9.47 Å². The number of benzene rings is 3. The lowest BCUT2D eigenvalue weighted by atomic mass is 9.77. The molecule has 0 N–H and O–H groups in total. The zero-order valence-corrected chi connectivity index (χ0v) is 25.3. The van der Waals surface area contributed by atoms with E-state index in [-0.39, 0.29) is 17.4 Å². The molecule has 0 unspecified atom stereocenters. The van der Waals surface area contributed by atoms with Gasteiger partial charge in [-0.15, -0.1) is 0 Å². The van der Waals surface area contributed by atoms with Gasteiger partial charge in [-0.25, -0.2) is 18.7 Å². The van der Waals surface area contributed by atoms with Crippen molar-refractivity contribution in [3.8, 4) is 22.5 Å². The summed E-state index contributed by atoms with van der Waals surface area (Å²) in [7, 11) is 1.44. The highest BCUT2D eigenvalue weighted by Crippen LogP contribution is 2.38. The van der Waals surface area contributed by atoms with E-state index in [1.807, 2.05) is 24.3 Å². The summed E-state index contributed by atoms with van der Waals surface area (Å²) in [5, 5.41) is 0. The first-order valence-electron chi connectivity index (χ1n) is 13.9. The van der Waals surface area contributed by atoms with Gasteiger partial charge in [0, 0.05) is 10.9 Å². The summed E-state index contributed by atoms with van der Waals surface area (Å²) in [6.45, 7) is 5.37. The van der Waals surface area contributed by atoms with Crippen LogP contribution in [0.2, 0.25) is 0 Å². The molecule has 8 heteroatoms. The molecule has 214 valence electrons. The van der Waals surface area contributed by atoms with E-state index in [2.05, 4.69) is 33.0 Å². The quantitative estimate of drug-likeness (QED) is 0.208. The maximum atomic E-state index is 15.7. The molecule has 1 aliphatic rings. The number of carbonyl (C=O) groups is 2. The highest BCUT2D eigenvalue weighted by molar-refractivity contribution is 9.10. The van der Waals surface area contributed by atoms with Crippen molar-refractivity contribution < 1.29 is 23.5 Å². The molecule has 1 aliphatic carbocycles. The molecule has 41 heavy (non-hydrogen) atoms. The van der Waals surface area contributed by atoms with E-state index >= 15 is 4.39 Å². The van der Waals surface area contributed by atoms with Gasteiger partial charge in [-0.2, -0.15) is 0 Å². The Labute approximate surface area is 248 Å². The molecule has 0 spiro atoms. The van der Waals surface area contributed by atoms with E-state index in [1.54, 1.807) is 39.0 Å². The highest BCUT2D eigenvalue weighted by atomic mass is 79.9. The molecule has 1 fully saturated rings. The minimum Gasteiger partial charge on any atom is -0.469 e. The number of halogens is 2. The summed E-state index contributed by atoms with van der Waals surface area (Å²) in [5.41, 5.74) is 3.49. The third-order valence-corrected chi connectivity index (χ3v) is 8.14. The lowest BCUT2D eigenvalue weighted by molar-refractivity contribution is -0.142. The Kier molecular flexibility index (Phi) is 8.32. The van der Waals surface area contributed by atoms with Gasteiger partial charge in [-0.1, -0.05) is 46.3 Å². The monoisotopic (exact) mass is 620 g/mol. The van der Waals surface area contributed by atoms with Crippen molar-refractivity contribution in [1.29, 1.82) is 0 Å². The lowest BCUT2D eigenvalue weighted by Crippen LogP contribution is -2.27. The number of nitrogens with zero attached hydrogens (tertiary/aromatic N) is 2. The highest BCUT2D eigenvalue weighted by Gasteiger charge is 2.26. The van der Waals surface area contributed by atoms with Crippen molar-refractivity contribution in [1.82, 2.24) is 9.55 Å². The molecule has 0 saturated heterocycles. The first-order valence-corrected chi connectivity index (χ1v) is 14.7. The molecule has 6 nitrogen and oxygen atoms in total. The minimum atomic E-state index is -0.725. The van der Waals surface area contributed by atoms with Gasteiger partial charge in [-0.05, 0) is 105 Å². The molecule has 3 aromatic carbocycles. The van der Waals surface area contributed by atoms with Crippen LogP contribution in [0.3, 0.4) is 0 Å². The molecular formula is C33H34BrFN2O4. The van der Waals surface area contributed by atoms with E-state index in [0.29, 0.717) is 29.3 Å². The van der Waals surface area contributed by atoms with Crippen LogP contribution in [0.1, 0.15) is 64.4 Å². The third-order valence-electron chi connectivity index (χ3n) is 7.65. The average Bonchev–Trinajstić information content (AvgIpc) is 3.31. The molecule has 0 radical (unpaired) electrons. The zero-order chi connectivity index (χ0) is 29.3. The van der Waals surface area contributed by atoms with Gasteiger partial charge in [0.25, 0.3) is 0 Å². The van der Waals surface area contributed by atoms with Crippen molar-refractivity contribution in [2.45, 2.75) is 64.4 Å². The van der Waals surface area contributed by atoms with Crippen LogP contribution in [0.4, 0.5) is 9.18 Å². The summed E-state index contributed by atoms with van der Waals surface area (Å²) in [6.07, 6.45) is 3.99. The summed E-state index contributed by atoms with van der Waals surface area (Å²) in [5.74, 6) is 0.429. The summed E-state index contributed by atoms with van der Waals surface area (Å²) in [4.78, 5) is 29.4. The van der Waals surface area contributed by atoms with E-state index in [4.69, 9.17) is 9.47 Å². The van der Waals surface area contributed by atoms with Crippen molar-refractivity contribution in [2.75, 3.05) is 7.11 Å². The van der Waals surface area contributed by atoms with Crippen LogP contribution in [0, 0.1) is 11.7 Å². The van der Waals surface area contributed by atoms with E-state index in [0.717, 1.165) is 41.3 Å². The van der Waals surface area contributed by atoms with E-state index in [1.165, 1.54) is 23.3 Å². The molecule has 0 bridgehead atoms. The minimum absolute atomic E-state index is 0.133. The Bertz CT molecular complexity index is 1580. The van der Waals surface area contributed by atoms with Crippen molar-refractivity contribution in [3.63, 3.8) is 0 Å². The van der Waals surface area contributed by atoms with Crippen LogP contribution in [-0.2, 0) is 14.3 Å². The summed E-state index contributed by atoms with van der Waals surface area (Å²) in [6, 6.07) is 18.6. The molecule has 0 aliphatic heterocycles. The predicted molar refractivity (Wildman–Crippen MR) is 161 cm³/mol. The number of aromatic nitrogens is 2. The van der Waals surface area contributed by atoms with Crippen LogP contribution in [0.15, 0.2) is 65.1 Å². The zero-order valence-electron chi connectivity index (χ0n) is 23.7. The van der Waals surface area contributed by atoms with Gasteiger partial charge in [0.15, 0.2) is 5.82 Å². The number of hydrogen-bond donors (Lipinski definition) is 0. The number of carbonyl (C=O) groups excluding carboxylic acids is 2. The standard InChI is InChI=1S/C33H34BrFN2O4/c1-33(2,3)41-32(39)37-29-16-14-25(34)19-28(29)36-31(37)26-15-13-24(18-27(26)35)23-11-9-22(10-12-23)21-7-5-20(6-8-21)17-30(38)40-4/h9-16,18-21H,5-8,17H2,1-4H3. The second-order valence-electron chi connectivity index (χ2n) is 11.7. The molecular weight excluding hydrogens is 587 g/mol. The summed E-state index contributed by atoms with van der Waals surface area (Å²) >= 11 is 3.45. The van der Waals surface area contributed by atoms with E-state index in [9.17, 15) is 9.59 Å². The molecule has 1 saturated carbocycles. The van der Waals surface area contributed by atoms with Gasteiger partial charge in [0.05, 0.1) is 23.7 Å². The second kappa shape index (κ2) is 11.8. The normalized spacial score (nSPS) is 17.4. The number of imidazole rings is 1. The lowest BCUT2D eigenvalue weighted by Gasteiger charge is -2.28. The van der Waals surface area contributed by atoms with Gasteiger partial charge in [-0.3, -0.25) is 4.79 Å². The molecule has 0 atom stereocenters. The number of esters is 1. The molecule has 5 rings (SSSR count). The molecule has 1 heterocycles. The number of rotatable bonds is 5. The van der Waals surface area contributed by atoms with Gasteiger partial charge >= 0.3 is 12.1 Å². The van der Waals surface area contributed by atoms with E-state index < -0.39 is 17.5 Å². The molecule has 1 aromatic heterocycles. The van der Waals surface area contributed by atoms with Crippen molar-refractivity contribution >= 4 is 39.0 Å². The Morgan fingerprint density at radius 1 is 0.976 bits per heavy atom. The first-order chi connectivity index (χ1) is 19.5. The van der Waals surface area contributed by atoms with Crippen LogP contribution in [-0.4, -0.2) is 34.3 Å². The van der Waals surface area contributed by atoms with Crippen molar-refractivity contribution in [2.24, 2.45) is 5.92 Å². The second-order valence-corrected chi connectivity index (χ2v) is 12.6. The first kappa shape index (κ1) is 29.0. The Morgan fingerprint density at radius 3 is 2.29 bits per heavy atom. The van der Waals surface area contributed by atoms with Gasteiger partial charge in [0.1, 0.15) is 11.4 Å². The fourth-order valence-corrected chi connectivity index (χ4v) is 5.92. The number of methoxy groups -OCH3 is 1. The summed E-state index contributed by atoms with van der Waals surface area (Å²) < 4.78 is 28.3. The number of hydrogen-bond acceptors (Lipinski definition) is 5. The SMILES string of the molecule is COC(=O)CC1CCC(c2ccc(-c3ccc(-c4nc5cc(Br)ccc5n4C(=O)OC(C)(C)C)c(F)c3)cc2)CC1. The molecule has 4 aromatic rings. The van der Waals surface area contributed by atoms with Crippen molar-refractivity contribution in [3.05, 3.63) is 76.5 Å².